The fourth-order valence-corrected chi connectivity index (χ4v) is 3.88. The van der Waals surface area contributed by atoms with Crippen molar-refractivity contribution in [2.24, 2.45) is 10.9 Å². The second-order valence-electron chi connectivity index (χ2n) is 8.19. The molecule has 1 aromatic carbocycles. The van der Waals surface area contributed by atoms with Crippen molar-refractivity contribution in [3.63, 3.8) is 0 Å². The second-order valence-corrected chi connectivity index (χ2v) is 8.19. The summed E-state index contributed by atoms with van der Waals surface area (Å²) in [4.78, 5) is 21.5. The zero-order valence-electron chi connectivity index (χ0n) is 17.5. The van der Waals surface area contributed by atoms with Gasteiger partial charge in [0.05, 0.1) is 6.54 Å². The molecule has 2 N–H and O–H groups in total. The number of guanidine groups is 1. The lowest BCUT2D eigenvalue weighted by molar-refractivity contribution is -0.123. The Balaban J connectivity index is 1.47. The normalized spacial score (nSPS) is 23.0. The van der Waals surface area contributed by atoms with Gasteiger partial charge in [-0.05, 0) is 44.6 Å². The van der Waals surface area contributed by atoms with Crippen LogP contribution < -0.4 is 10.6 Å². The van der Waals surface area contributed by atoms with Crippen LogP contribution in [0.2, 0.25) is 0 Å². The minimum atomic E-state index is 0.115. The van der Waals surface area contributed by atoms with E-state index in [1.165, 1.54) is 12.0 Å². The lowest BCUT2D eigenvalue weighted by atomic mass is 10.1. The van der Waals surface area contributed by atoms with Gasteiger partial charge in [-0.1, -0.05) is 30.3 Å². The maximum atomic E-state index is 12.0. The number of nitrogens with one attached hydrogen (secondary N) is 2. The van der Waals surface area contributed by atoms with Crippen molar-refractivity contribution in [1.82, 2.24) is 20.4 Å². The molecule has 0 radical (unpaired) electrons. The zero-order valence-corrected chi connectivity index (χ0v) is 17.5. The number of carbonyl (C=O) groups is 1. The maximum Gasteiger partial charge on any atom is 0.234 e. The highest BCUT2D eigenvalue weighted by atomic mass is 16.2. The van der Waals surface area contributed by atoms with E-state index in [0.717, 1.165) is 45.2 Å². The van der Waals surface area contributed by atoms with Gasteiger partial charge in [0.15, 0.2) is 5.96 Å². The summed E-state index contributed by atoms with van der Waals surface area (Å²) in [5.41, 5.74) is 1.45. The van der Waals surface area contributed by atoms with E-state index in [4.69, 9.17) is 4.99 Å². The van der Waals surface area contributed by atoms with E-state index in [1.807, 2.05) is 13.8 Å². The highest BCUT2D eigenvalue weighted by Crippen LogP contribution is 2.47. The Hall–Kier alpha value is -2.08. The van der Waals surface area contributed by atoms with Gasteiger partial charge in [0.1, 0.15) is 0 Å². The van der Waals surface area contributed by atoms with Crippen LogP contribution in [0, 0.1) is 5.92 Å². The molecule has 0 bridgehead atoms. The molecule has 3 rings (SSSR count). The van der Waals surface area contributed by atoms with Crippen LogP contribution in [0.3, 0.4) is 0 Å². The molecule has 1 amide bonds. The Morgan fingerprint density at radius 2 is 1.89 bits per heavy atom. The Morgan fingerprint density at radius 1 is 1.18 bits per heavy atom. The fraction of sp³-hybridized carbons (Fsp3) is 0.636. The molecule has 1 saturated carbocycles. The van der Waals surface area contributed by atoms with Gasteiger partial charge in [0.2, 0.25) is 5.91 Å². The molecule has 6 nitrogen and oxygen atoms in total. The van der Waals surface area contributed by atoms with Crippen LogP contribution in [-0.4, -0.2) is 73.5 Å². The molecular weight excluding hydrogens is 350 g/mol. The van der Waals surface area contributed by atoms with Crippen molar-refractivity contribution in [3.05, 3.63) is 35.9 Å². The smallest absolute Gasteiger partial charge is 0.234 e. The Labute approximate surface area is 169 Å². The molecule has 0 spiro atoms. The highest BCUT2D eigenvalue weighted by molar-refractivity contribution is 5.80. The third-order valence-electron chi connectivity index (χ3n) is 5.45. The van der Waals surface area contributed by atoms with Crippen molar-refractivity contribution >= 4 is 11.9 Å². The third kappa shape index (κ3) is 5.96. The zero-order chi connectivity index (χ0) is 19.9. The number of aliphatic imine (C=N–C) groups is 1. The summed E-state index contributed by atoms with van der Waals surface area (Å²) in [6, 6.07) is 11.0. The predicted octanol–water partition coefficient (Wildman–Crippen LogP) is 1.90. The molecule has 1 saturated heterocycles. The monoisotopic (exact) mass is 385 g/mol. The summed E-state index contributed by atoms with van der Waals surface area (Å²) in [6.45, 7) is 12.0. The van der Waals surface area contributed by atoms with Gasteiger partial charge < -0.3 is 15.5 Å². The van der Waals surface area contributed by atoms with E-state index in [1.54, 1.807) is 0 Å². The summed E-state index contributed by atoms with van der Waals surface area (Å²) in [7, 11) is 0. The van der Waals surface area contributed by atoms with E-state index in [0.29, 0.717) is 18.4 Å². The minimum Gasteiger partial charge on any atom is -0.357 e. The number of amides is 1. The number of rotatable bonds is 7. The van der Waals surface area contributed by atoms with Crippen LogP contribution in [0.5, 0.6) is 0 Å². The van der Waals surface area contributed by atoms with Crippen molar-refractivity contribution in [3.8, 4) is 0 Å². The molecule has 1 aliphatic carbocycles. The molecule has 1 aromatic rings. The molecule has 2 aliphatic rings. The van der Waals surface area contributed by atoms with Gasteiger partial charge in [0, 0.05) is 45.3 Å². The van der Waals surface area contributed by atoms with Gasteiger partial charge in [-0.25, -0.2) is 0 Å². The van der Waals surface area contributed by atoms with E-state index >= 15 is 0 Å². The number of carbonyl (C=O) groups excluding carboxylic acids is 1. The molecule has 28 heavy (non-hydrogen) atoms. The topological polar surface area (TPSA) is 60.0 Å². The summed E-state index contributed by atoms with van der Waals surface area (Å²) in [5.74, 6) is 2.47. The molecule has 2 atom stereocenters. The quantitative estimate of drug-likeness (QED) is 0.556. The lowest BCUT2D eigenvalue weighted by Gasteiger charge is -2.36. The molecule has 0 aromatic heterocycles. The average Bonchev–Trinajstić information content (AvgIpc) is 3.45. The standard InChI is InChI=1S/C22H35N5O/c1-4-23-22(24-15-19-14-20(19)18-8-6-5-7-9-18)27-12-10-26(11-13-27)16-21(28)25-17(2)3/h5-9,17,19-20H,4,10-16H2,1-3H3,(H,23,24)(H,25,28). The minimum absolute atomic E-state index is 0.115. The maximum absolute atomic E-state index is 12.0. The third-order valence-corrected chi connectivity index (χ3v) is 5.45. The molecule has 2 unspecified atom stereocenters. The van der Waals surface area contributed by atoms with Crippen molar-refractivity contribution in [2.75, 3.05) is 45.8 Å². The summed E-state index contributed by atoms with van der Waals surface area (Å²) in [5, 5.41) is 6.42. The average molecular weight is 386 g/mol. The molecule has 1 heterocycles. The second kappa shape index (κ2) is 9.92. The summed E-state index contributed by atoms with van der Waals surface area (Å²) in [6.07, 6.45) is 1.24. The fourth-order valence-electron chi connectivity index (χ4n) is 3.88. The first-order chi connectivity index (χ1) is 13.6. The van der Waals surface area contributed by atoms with E-state index < -0.39 is 0 Å². The van der Waals surface area contributed by atoms with E-state index in [9.17, 15) is 4.79 Å². The van der Waals surface area contributed by atoms with Crippen LogP contribution in [0.1, 0.15) is 38.7 Å². The van der Waals surface area contributed by atoms with Crippen molar-refractivity contribution in [1.29, 1.82) is 0 Å². The number of hydrogen-bond acceptors (Lipinski definition) is 3. The highest BCUT2D eigenvalue weighted by Gasteiger charge is 2.38. The van der Waals surface area contributed by atoms with Crippen molar-refractivity contribution < 1.29 is 4.79 Å². The van der Waals surface area contributed by atoms with Gasteiger partial charge in [-0.3, -0.25) is 14.7 Å². The molecule has 6 heteroatoms. The van der Waals surface area contributed by atoms with E-state index in [2.05, 4.69) is 57.7 Å². The predicted molar refractivity (Wildman–Crippen MR) is 115 cm³/mol. The van der Waals surface area contributed by atoms with Crippen LogP contribution in [-0.2, 0) is 4.79 Å². The van der Waals surface area contributed by atoms with E-state index in [-0.39, 0.29) is 11.9 Å². The molecule has 2 fully saturated rings. The van der Waals surface area contributed by atoms with Crippen LogP contribution in [0.25, 0.3) is 0 Å². The van der Waals surface area contributed by atoms with Crippen LogP contribution >= 0.6 is 0 Å². The SMILES string of the molecule is CCNC(=NCC1CC1c1ccccc1)N1CCN(CC(=O)NC(C)C)CC1. The summed E-state index contributed by atoms with van der Waals surface area (Å²) < 4.78 is 0. The van der Waals surface area contributed by atoms with Crippen LogP contribution in [0.4, 0.5) is 0 Å². The number of nitrogens with zero attached hydrogens (tertiary/aromatic N) is 3. The lowest BCUT2D eigenvalue weighted by Crippen LogP contribution is -2.54. The largest absolute Gasteiger partial charge is 0.357 e. The van der Waals surface area contributed by atoms with Gasteiger partial charge in [-0.15, -0.1) is 0 Å². The van der Waals surface area contributed by atoms with Crippen LogP contribution in [0.15, 0.2) is 35.3 Å². The molecular formula is C22H35N5O. The number of benzene rings is 1. The van der Waals surface area contributed by atoms with Gasteiger partial charge >= 0.3 is 0 Å². The Kier molecular flexibility index (Phi) is 7.31. The van der Waals surface area contributed by atoms with Gasteiger partial charge in [-0.2, -0.15) is 0 Å². The summed E-state index contributed by atoms with van der Waals surface area (Å²) >= 11 is 0. The van der Waals surface area contributed by atoms with Crippen molar-refractivity contribution in [2.45, 2.75) is 39.2 Å². The first-order valence-corrected chi connectivity index (χ1v) is 10.7. The number of hydrogen-bond donors (Lipinski definition) is 2. The van der Waals surface area contributed by atoms with Gasteiger partial charge in [0.25, 0.3) is 0 Å². The molecule has 154 valence electrons. The Bertz CT molecular complexity index is 652. The first kappa shape index (κ1) is 20.6. The molecule has 1 aliphatic heterocycles. The number of piperazine rings is 1. The first-order valence-electron chi connectivity index (χ1n) is 10.7. The Morgan fingerprint density at radius 3 is 2.54 bits per heavy atom.